The summed E-state index contributed by atoms with van der Waals surface area (Å²) >= 11 is 0. The minimum atomic E-state index is -1.12. The van der Waals surface area contributed by atoms with Crippen LogP contribution in [0.15, 0.2) is 0 Å². The minimum Gasteiger partial charge on any atom is -0.550 e. The summed E-state index contributed by atoms with van der Waals surface area (Å²) in [5.74, 6) is -5.21. The van der Waals surface area contributed by atoms with Crippen LogP contribution in [0.4, 0.5) is 0 Å². The fourth-order valence-electron chi connectivity index (χ4n) is 2.45. The van der Waals surface area contributed by atoms with Gasteiger partial charge in [-0.3, -0.25) is 24.0 Å². The first kappa shape index (κ1) is 27.2. The van der Waals surface area contributed by atoms with Crippen LogP contribution in [-0.2, 0) is 38.2 Å². The van der Waals surface area contributed by atoms with Crippen LogP contribution in [0.2, 0.25) is 0 Å². The van der Waals surface area contributed by atoms with Crippen LogP contribution in [-0.4, -0.2) is 40.9 Å². The molecule has 0 unspecified atom stereocenters. The summed E-state index contributed by atoms with van der Waals surface area (Å²) in [6.07, 6.45) is 3.73. The monoisotopic (exact) mass is 429 g/mol. The van der Waals surface area contributed by atoms with Gasteiger partial charge in [-0.1, -0.05) is 25.7 Å². The summed E-state index contributed by atoms with van der Waals surface area (Å²) < 4.78 is 9.11. The van der Waals surface area contributed by atoms with Crippen molar-refractivity contribution in [3.8, 4) is 0 Å². The van der Waals surface area contributed by atoms with Gasteiger partial charge in [0.2, 0.25) is 0 Å². The maximum absolute atomic E-state index is 11.5. The molecule has 0 amide bonds. The molecule has 0 rings (SSSR count). The number of carbonyl (C=O) groups excluding carboxylic acids is 5. The molecule has 0 aliphatic rings. The SMILES string of the molecule is O=C([O-])CCCCCCC(=O)OC(=O)CCC(=O)OC(=O)CCCCCCC(=O)O. The predicted molar refractivity (Wildman–Crippen MR) is 99.5 cm³/mol. The van der Waals surface area contributed by atoms with E-state index in [1.165, 1.54) is 0 Å². The number of rotatable bonds is 17. The van der Waals surface area contributed by atoms with Crippen molar-refractivity contribution in [3.05, 3.63) is 0 Å². The van der Waals surface area contributed by atoms with E-state index in [-0.39, 0.29) is 32.1 Å². The molecule has 0 heterocycles. The van der Waals surface area contributed by atoms with E-state index >= 15 is 0 Å². The van der Waals surface area contributed by atoms with E-state index in [1.807, 2.05) is 0 Å². The average Bonchev–Trinajstić information content (AvgIpc) is 2.65. The largest absolute Gasteiger partial charge is 0.550 e. The molecule has 10 nitrogen and oxygen atoms in total. The van der Waals surface area contributed by atoms with Crippen LogP contribution in [0.5, 0.6) is 0 Å². The highest BCUT2D eigenvalue weighted by atomic mass is 16.6. The molecule has 0 saturated heterocycles. The van der Waals surface area contributed by atoms with Gasteiger partial charge in [0.05, 0.1) is 12.8 Å². The van der Waals surface area contributed by atoms with E-state index in [1.54, 1.807) is 0 Å². The molecule has 0 radical (unpaired) electrons. The lowest BCUT2D eigenvalue weighted by atomic mass is 10.1. The van der Waals surface area contributed by atoms with Gasteiger partial charge in [0, 0.05) is 25.2 Å². The quantitative estimate of drug-likeness (QED) is 0.203. The number of esters is 4. The number of hydrogen-bond donors (Lipinski definition) is 1. The molecular weight excluding hydrogens is 400 g/mol. The van der Waals surface area contributed by atoms with E-state index in [9.17, 15) is 33.9 Å². The van der Waals surface area contributed by atoms with E-state index in [0.717, 1.165) is 0 Å². The lowest BCUT2D eigenvalue weighted by Gasteiger charge is -2.05. The van der Waals surface area contributed by atoms with Gasteiger partial charge < -0.3 is 24.5 Å². The zero-order valence-corrected chi connectivity index (χ0v) is 17.0. The van der Waals surface area contributed by atoms with Gasteiger partial charge in [-0.05, 0) is 32.1 Å². The predicted octanol–water partition coefficient (Wildman–Crippen LogP) is 1.42. The Kier molecular flexibility index (Phi) is 15.5. The average molecular weight is 429 g/mol. The summed E-state index contributed by atoms with van der Waals surface area (Å²) in [6.45, 7) is 0. The van der Waals surface area contributed by atoms with E-state index in [0.29, 0.717) is 51.4 Å². The van der Waals surface area contributed by atoms with Crippen molar-refractivity contribution in [1.29, 1.82) is 0 Å². The highest BCUT2D eigenvalue weighted by Crippen LogP contribution is 2.08. The zero-order chi connectivity index (χ0) is 22.8. The summed E-state index contributed by atoms with van der Waals surface area (Å²) in [5, 5.41) is 18.7. The van der Waals surface area contributed by atoms with Crippen LogP contribution in [0.1, 0.15) is 89.9 Å². The molecule has 0 aliphatic carbocycles. The van der Waals surface area contributed by atoms with Gasteiger partial charge in [0.15, 0.2) is 0 Å². The van der Waals surface area contributed by atoms with Gasteiger partial charge in [-0.2, -0.15) is 0 Å². The normalized spacial score (nSPS) is 10.3. The number of carboxylic acids is 2. The summed E-state index contributed by atoms with van der Waals surface area (Å²) in [4.78, 5) is 66.6. The van der Waals surface area contributed by atoms with Crippen molar-refractivity contribution >= 4 is 35.8 Å². The lowest BCUT2D eigenvalue weighted by Crippen LogP contribution is -2.21. The second-order valence-electron chi connectivity index (χ2n) is 6.79. The van der Waals surface area contributed by atoms with Crippen molar-refractivity contribution in [2.75, 3.05) is 0 Å². The van der Waals surface area contributed by atoms with Crippen LogP contribution in [0.3, 0.4) is 0 Å². The Morgan fingerprint density at radius 1 is 0.500 bits per heavy atom. The topological polar surface area (TPSA) is 164 Å². The Balaban J connectivity index is 3.73. The molecule has 0 aromatic heterocycles. The number of carbonyl (C=O) groups is 6. The lowest BCUT2D eigenvalue weighted by molar-refractivity contribution is -0.305. The molecule has 30 heavy (non-hydrogen) atoms. The molecule has 0 spiro atoms. The second kappa shape index (κ2) is 17.1. The first-order valence-electron chi connectivity index (χ1n) is 10.1. The molecule has 0 aromatic carbocycles. The fourth-order valence-corrected chi connectivity index (χ4v) is 2.45. The molecule has 0 bridgehead atoms. The maximum Gasteiger partial charge on any atom is 0.314 e. The fraction of sp³-hybridized carbons (Fsp3) is 0.700. The summed E-state index contributed by atoms with van der Waals surface area (Å²) in [7, 11) is 0. The van der Waals surface area contributed by atoms with Crippen LogP contribution in [0, 0.1) is 0 Å². The second-order valence-corrected chi connectivity index (χ2v) is 6.79. The van der Waals surface area contributed by atoms with E-state index < -0.39 is 42.2 Å². The van der Waals surface area contributed by atoms with E-state index in [4.69, 9.17) is 5.11 Å². The number of aliphatic carboxylic acids is 2. The van der Waals surface area contributed by atoms with Crippen LogP contribution < -0.4 is 5.11 Å². The molecule has 170 valence electrons. The number of carboxylic acid groups (broad SMARTS) is 2. The van der Waals surface area contributed by atoms with E-state index in [2.05, 4.69) is 9.47 Å². The van der Waals surface area contributed by atoms with Crippen LogP contribution in [0.25, 0.3) is 0 Å². The Hall–Kier alpha value is -2.78. The van der Waals surface area contributed by atoms with Crippen molar-refractivity contribution in [3.63, 3.8) is 0 Å². The third-order valence-electron chi connectivity index (χ3n) is 4.02. The van der Waals surface area contributed by atoms with Crippen molar-refractivity contribution < 1.29 is 48.5 Å². The van der Waals surface area contributed by atoms with Crippen molar-refractivity contribution in [2.45, 2.75) is 89.9 Å². The third-order valence-corrected chi connectivity index (χ3v) is 4.02. The van der Waals surface area contributed by atoms with Gasteiger partial charge in [0.25, 0.3) is 0 Å². The standard InChI is InChI=1S/C20H30O10/c21-15(22)9-5-1-3-7-11-17(25)29-19(27)13-14-20(28)30-18(26)12-8-4-2-6-10-16(23)24/h1-14H2,(H,21,22)(H,23,24)/p-1. The maximum atomic E-state index is 11.5. The molecule has 0 atom stereocenters. The Morgan fingerprint density at radius 3 is 1.20 bits per heavy atom. The minimum absolute atomic E-state index is 0.00641. The first-order valence-corrected chi connectivity index (χ1v) is 10.1. The Morgan fingerprint density at radius 2 is 0.833 bits per heavy atom. The third kappa shape index (κ3) is 18.6. The smallest absolute Gasteiger partial charge is 0.314 e. The molecule has 0 aliphatic heterocycles. The Labute approximate surface area is 174 Å². The molecule has 0 saturated carbocycles. The van der Waals surface area contributed by atoms with Crippen molar-refractivity contribution in [1.82, 2.24) is 0 Å². The molecule has 0 fully saturated rings. The van der Waals surface area contributed by atoms with Gasteiger partial charge in [-0.25, -0.2) is 0 Å². The van der Waals surface area contributed by atoms with Crippen LogP contribution >= 0.6 is 0 Å². The Bertz CT molecular complexity index is 544. The molecule has 1 N–H and O–H groups in total. The van der Waals surface area contributed by atoms with Crippen molar-refractivity contribution in [2.24, 2.45) is 0 Å². The highest BCUT2D eigenvalue weighted by molar-refractivity contribution is 5.89. The summed E-state index contributed by atoms with van der Waals surface area (Å²) in [5.41, 5.74) is 0. The first-order chi connectivity index (χ1) is 14.2. The van der Waals surface area contributed by atoms with Gasteiger partial charge in [0.1, 0.15) is 0 Å². The molecule has 10 heteroatoms. The van der Waals surface area contributed by atoms with Gasteiger partial charge in [-0.15, -0.1) is 0 Å². The van der Waals surface area contributed by atoms with Gasteiger partial charge >= 0.3 is 29.8 Å². The molecular formula is C20H29O10-. The number of unbranched alkanes of at least 4 members (excludes halogenated alkanes) is 6. The number of hydrogen-bond acceptors (Lipinski definition) is 9. The molecule has 0 aromatic rings. The zero-order valence-electron chi connectivity index (χ0n) is 17.0. The number of ether oxygens (including phenoxy) is 2. The summed E-state index contributed by atoms with van der Waals surface area (Å²) in [6, 6.07) is 0. The highest BCUT2D eigenvalue weighted by Gasteiger charge is 2.15.